The van der Waals surface area contributed by atoms with Crippen molar-refractivity contribution in [1.29, 1.82) is 0 Å². The monoisotopic (exact) mass is 949 g/mol. The number of hydrogen-bond acceptors (Lipinski definition) is 12. The van der Waals surface area contributed by atoms with E-state index >= 15 is 0 Å². The standard InChI is InChI=1S/C18H17FN4O2S.C16H14Cl2O4.C11H8ClNO3/c1-4-5-22-13-7-12(11(19)6-14(13)25-9-16(22)24)20-17-23-10-18(2,3)8-15(23)21-26-17;1-10(16(19)20-2)21-12-4-6-13(7-5-12)22-15-8-3-11(17)9-14(15)18;12-8-3-4-9(16-6-10(14)15)11-7(8)2-1-5-13-11/h1,6-7H,5,8-10H2,2-3H3;3-10H,1-2H3;1-5H,6H2,(H,14,15)/b20-17-;;. The molecule has 1 N–H and O–H groups in total. The number of fused-ring (bicyclic) bond motifs is 3. The maximum Gasteiger partial charge on any atom is 0.346 e. The molecular formula is C45H39Cl3FN5O9S. The van der Waals surface area contributed by atoms with Gasteiger partial charge in [-0.1, -0.05) is 54.6 Å². The summed E-state index contributed by atoms with van der Waals surface area (Å²) in [5, 5.41) is 10.8. The van der Waals surface area contributed by atoms with Crippen molar-refractivity contribution in [1.82, 2.24) is 13.9 Å². The lowest BCUT2D eigenvalue weighted by Gasteiger charge is -2.28. The zero-order chi connectivity index (χ0) is 46.1. The van der Waals surface area contributed by atoms with Gasteiger partial charge in [0, 0.05) is 47.2 Å². The van der Waals surface area contributed by atoms with E-state index in [1.165, 1.54) is 35.7 Å². The first-order chi connectivity index (χ1) is 30.5. The minimum atomic E-state index is -1.03. The zero-order valence-corrected chi connectivity index (χ0v) is 37.7. The van der Waals surface area contributed by atoms with E-state index in [0.717, 1.165) is 24.2 Å². The molecule has 2 aromatic heterocycles. The van der Waals surface area contributed by atoms with Gasteiger partial charge in [-0.05, 0) is 85.1 Å². The number of rotatable bonds is 10. The molecule has 0 fully saturated rings. The quantitative estimate of drug-likeness (QED) is 0.103. The predicted octanol–water partition coefficient (Wildman–Crippen LogP) is 9.33. The van der Waals surface area contributed by atoms with Crippen molar-refractivity contribution in [2.75, 3.05) is 31.8 Å². The number of anilines is 1. The van der Waals surface area contributed by atoms with Crippen LogP contribution in [0.4, 0.5) is 15.8 Å². The van der Waals surface area contributed by atoms with E-state index in [4.69, 9.17) is 65.3 Å². The zero-order valence-electron chi connectivity index (χ0n) is 34.6. The SMILES string of the molecule is C#CCN1C(=O)COc2cc(F)c(/N=c3\snc4n3CC(C)(C)C4)cc21.COC(=O)C(C)Oc1ccc(Oc2ccc(Cl)cc2Cl)cc1.O=C(O)COc1ccc(Cl)c2cccnc12. The van der Waals surface area contributed by atoms with Crippen molar-refractivity contribution in [3.05, 3.63) is 117 Å². The molecule has 14 nitrogen and oxygen atoms in total. The fraction of sp³-hybridized carbons (Fsp3) is 0.244. The number of halogens is 4. The summed E-state index contributed by atoms with van der Waals surface area (Å²) in [7, 11) is 1.31. The van der Waals surface area contributed by atoms with Crippen molar-refractivity contribution in [3.63, 3.8) is 0 Å². The minimum Gasteiger partial charge on any atom is -0.481 e. The van der Waals surface area contributed by atoms with Crippen LogP contribution in [0.1, 0.15) is 26.6 Å². The first kappa shape index (κ1) is 47.1. The normalized spacial score (nSPS) is 14.0. The molecule has 0 radical (unpaired) electrons. The van der Waals surface area contributed by atoms with Crippen molar-refractivity contribution in [2.45, 2.75) is 39.8 Å². The van der Waals surface area contributed by atoms with Gasteiger partial charge in [-0.2, -0.15) is 4.37 Å². The smallest absolute Gasteiger partial charge is 0.346 e. The average molecular weight is 951 g/mol. The second kappa shape index (κ2) is 20.9. The fourth-order valence-electron chi connectivity index (χ4n) is 6.30. The molecule has 0 aliphatic carbocycles. The van der Waals surface area contributed by atoms with Crippen LogP contribution >= 0.6 is 46.3 Å². The molecule has 2 aliphatic rings. The van der Waals surface area contributed by atoms with Crippen molar-refractivity contribution in [2.24, 2.45) is 10.4 Å². The number of carboxylic acids is 1. The first-order valence-corrected chi connectivity index (χ1v) is 21.1. The number of aromatic nitrogens is 3. The lowest BCUT2D eigenvalue weighted by molar-refractivity contribution is -0.148. The number of benzene rings is 4. The Kier molecular flexibility index (Phi) is 15.4. The van der Waals surface area contributed by atoms with Crippen LogP contribution in [-0.4, -0.2) is 69.8 Å². The Balaban J connectivity index is 0.000000164. The highest BCUT2D eigenvalue weighted by Gasteiger charge is 2.31. The lowest BCUT2D eigenvalue weighted by atomic mass is 9.92. The highest BCUT2D eigenvalue weighted by atomic mass is 35.5. The molecular weight excluding hydrogens is 912 g/mol. The molecule has 0 spiro atoms. The molecule has 4 heterocycles. The van der Waals surface area contributed by atoms with E-state index in [1.807, 2.05) is 4.57 Å². The van der Waals surface area contributed by atoms with Crippen LogP contribution in [0, 0.1) is 23.6 Å². The number of pyridine rings is 1. The van der Waals surface area contributed by atoms with Crippen LogP contribution < -0.4 is 28.6 Å². The van der Waals surface area contributed by atoms with Crippen LogP contribution in [0.15, 0.2) is 90.1 Å². The first-order valence-electron chi connectivity index (χ1n) is 19.2. The summed E-state index contributed by atoms with van der Waals surface area (Å²) in [5.74, 6) is 3.50. The minimum absolute atomic E-state index is 0.0964. The molecule has 1 unspecified atom stereocenters. The number of amides is 1. The summed E-state index contributed by atoms with van der Waals surface area (Å²) >= 11 is 19.1. The van der Waals surface area contributed by atoms with Gasteiger partial charge in [0.15, 0.2) is 25.1 Å². The summed E-state index contributed by atoms with van der Waals surface area (Å²) in [4.78, 5) is 44.4. The summed E-state index contributed by atoms with van der Waals surface area (Å²) in [5.41, 5.74) is 1.24. The molecule has 0 saturated heterocycles. The van der Waals surface area contributed by atoms with Gasteiger partial charge in [0.2, 0.25) is 4.80 Å². The van der Waals surface area contributed by atoms with Gasteiger partial charge in [-0.15, -0.1) is 6.42 Å². The number of ether oxygens (including phenoxy) is 5. The molecule has 64 heavy (non-hydrogen) atoms. The predicted molar refractivity (Wildman–Crippen MR) is 241 cm³/mol. The molecule has 1 atom stereocenters. The van der Waals surface area contributed by atoms with Crippen LogP contribution in [0.25, 0.3) is 10.9 Å². The molecule has 8 rings (SSSR count). The lowest BCUT2D eigenvalue weighted by Crippen LogP contribution is -2.39. The maximum atomic E-state index is 14.5. The van der Waals surface area contributed by atoms with Crippen molar-refractivity contribution < 1.29 is 47.6 Å². The number of terminal acetylenes is 1. The van der Waals surface area contributed by atoms with Crippen molar-refractivity contribution >= 4 is 86.5 Å². The second-order valence-corrected chi connectivity index (χ2v) is 16.7. The van der Waals surface area contributed by atoms with Gasteiger partial charge in [0.25, 0.3) is 5.91 Å². The van der Waals surface area contributed by atoms with Gasteiger partial charge in [0.1, 0.15) is 45.8 Å². The van der Waals surface area contributed by atoms with Crippen LogP contribution in [-0.2, 0) is 32.1 Å². The number of nitrogens with zero attached hydrogens (tertiary/aromatic N) is 5. The summed E-state index contributed by atoms with van der Waals surface area (Å²) in [6, 6.07) is 21.4. The Bertz CT molecular complexity index is 2810. The van der Waals surface area contributed by atoms with E-state index < -0.39 is 30.5 Å². The summed E-state index contributed by atoms with van der Waals surface area (Å²) < 4.78 is 47.1. The molecule has 2 aliphatic heterocycles. The van der Waals surface area contributed by atoms with E-state index in [0.29, 0.717) is 59.8 Å². The Morgan fingerprint density at radius 2 is 1.78 bits per heavy atom. The topological polar surface area (TPSA) is 164 Å². The number of methoxy groups -OCH3 is 1. The van der Waals surface area contributed by atoms with E-state index in [9.17, 15) is 18.8 Å². The summed E-state index contributed by atoms with van der Waals surface area (Å²) in [6.45, 7) is 6.27. The Morgan fingerprint density at radius 1 is 1.05 bits per heavy atom. The summed E-state index contributed by atoms with van der Waals surface area (Å²) in [6.07, 6.45) is 7.14. The fourth-order valence-corrected chi connectivity index (χ4v) is 7.72. The Labute approximate surface area is 385 Å². The van der Waals surface area contributed by atoms with Gasteiger partial charge >= 0.3 is 11.9 Å². The third-order valence-corrected chi connectivity index (χ3v) is 10.9. The number of esters is 1. The highest BCUT2D eigenvalue weighted by Crippen LogP contribution is 2.38. The molecule has 19 heteroatoms. The highest BCUT2D eigenvalue weighted by molar-refractivity contribution is 7.02. The van der Waals surface area contributed by atoms with Crippen LogP contribution in [0.5, 0.6) is 28.7 Å². The maximum absolute atomic E-state index is 14.5. The van der Waals surface area contributed by atoms with Gasteiger partial charge in [0.05, 0.1) is 29.4 Å². The average Bonchev–Trinajstić information content (AvgIpc) is 3.78. The molecule has 0 saturated carbocycles. The Morgan fingerprint density at radius 3 is 2.48 bits per heavy atom. The number of carboxylic acid groups (broad SMARTS) is 1. The third-order valence-electron chi connectivity index (χ3n) is 9.26. The van der Waals surface area contributed by atoms with Crippen LogP contribution in [0.2, 0.25) is 15.1 Å². The third kappa shape index (κ3) is 11.8. The molecule has 0 bridgehead atoms. The molecule has 6 aromatic rings. The largest absolute Gasteiger partial charge is 0.481 e. The van der Waals surface area contributed by atoms with Crippen LogP contribution in [0.3, 0.4) is 0 Å². The van der Waals surface area contributed by atoms with Gasteiger partial charge < -0.3 is 33.4 Å². The van der Waals surface area contributed by atoms with Gasteiger partial charge in [-0.3, -0.25) is 14.7 Å². The van der Waals surface area contributed by atoms with E-state index in [-0.39, 0.29) is 30.2 Å². The molecule has 4 aromatic carbocycles. The molecule has 1 amide bonds. The number of carbonyl (C=O) groups is 3. The van der Waals surface area contributed by atoms with Gasteiger partial charge in [-0.25, -0.2) is 19.0 Å². The number of aliphatic carboxylic acids is 1. The van der Waals surface area contributed by atoms with E-state index in [2.05, 4.69) is 38.9 Å². The van der Waals surface area contributed by atoms with E-state index in [1.54, 1.807) is 79.9 Å². The Hall–Kier alpha value is -6.38. The molecule has 332 valence electrons. The second-order valence-electron chi connectivity index (χ2n) is 14.7. The van der Waals surface area contributed by atoms with Crippen molar-refractivity contribution in [3.8, 4) is 41.1 Å². The number of carbonyl (C=O) groups excluding carboxylic acids is 2. The number of hydrogen-bond donors (Lipinski definition) is 1.